The topological polar surface area (TPSA) is 87.1 Å². The number of β-amino-alcohol motifs (C(OH)–C–C–N with tert-alkyl or cyclic N) is 1. The highest BCUT2D eigenvalue weighted by atomic mass is 35.5. The molecule has 0 unspecified atom stereocenters. The van der Waals surface area contributed by atoms with Gasteiger partial charge in [0.2, 0.25) is 10.0 Å². The maximum absolute atomic E-state index is 13.3. The van der Waals surface area contributed by atoms with Crippen LogP contribution in [0.25, 0.3) is 0 Å². The zero-order valence-corrected chi connectivity index (χ0v) is 17.2. The molecule has 29 heavy (non-hydrogen) atoms. The Kier molecular flexibility index (Phi) is 6.38. The van der Waals surface area contributed by atoms with E-state index in [1.807, 2.05) is 0 Å². The molecule has 0 aromatic heterocycles. The van der Waals surface area contributed by atoms with Crippen LogP contribution in [0.1, 0.15) is 0 Å². The molecule has 1 saturated heterocycles. The van der Waals surface area contributed by atoms with Gasteiger partial charge in [0.1, 0.15) is 16.2 Å². The summed E-state index contributed by atoms with van der Waals surface area (Å²) in [6.45, 7) is -1.53. The first kappa shape index (κ1) is 22.2. The van der Waals surface area contributed by atoms with E-state index in [1.54, 1.807) is 0 Å². The monoisotopic (exact) mass is 467 g/mol. The van der Waals surface area contributed by atoms with Gasteiger partial charge in [-0.05, 0) is 30.3 Å². The highest BCUT2D eigenvalue weighted by Gasteiger charge is 2.49. The molecule has 0 saturated carbocycles. The van der Waals surface area contributed by atoms with Crippen molar-refractivity contribution in [3.05, 3.63) is 58.1 Å². The predicted molar refractivity (Wildman–Crippen MR) is 103 cm³/mol. The average molecular weight is 468 g/mol. The summed E-state index contributed by atoms with van der Waals surface area (Å²) in [5.41, 5.74) is -1.79. The summed E-state index contributed by atoms with van der Waals surface area (Å²) in [5, 5.41) is 20.5. The lowest BCUT2D eigenvalue weighted by Gasteiger charge is -2.26. The molecule has 1 heterocycles. The largest absolute Gasteiger partial charge is 0.493 e. The molecule has 11 heteroatoms. The van der Waals surface area contributed by atoms with Crippen molar-refractivity contribution in [2.75, 3.05) is 26.3 Å². The first-order valence-corrected chi connectivity index (χ1v) is 10.6. The highest BCUT2D eigenvalue weighted by molar-refractivity contribution is 7.89. The Labute approximate surface area is 176 Å². The van der Waals surface area contributed by atoms with Crippen LogP contribution in [0.15, 0.2) is 41.3 Å². The van der Waals surface area contributed by atoms with Crippen LogP contribution in [-0.2, 0) is 10.0 Å². The van der Waals surface area contributed by atoms with Gasteiger partial charge < -0.3 is 14.9 Å². The second kappa shape index (κ2) is 8.33. The lowest BCUT2D eigenvalue weighted by molar-refractivity contribution is -0.0452. The maximum Gasteiger partial charge on any atom is 0.244 e. The third-order valence-corrected chi connectivity index (χ3v) is 7.29. The number of nitrogens with zero attached hydrogens (tertiary/aromatic N) is 1. The summed E-state index contributed by atoms with van der Waals surface area (Å²) in [4.78, 5) is -0.189. The number of hydrogen-bond donors (Lipinski definition) is 2. The molecule has 0 radical (unpaired) electrons. The zero-order chi connectivity index (χ0) is 21.4. The average Bonchev–Trinajstić information content (AvgIpc) is 3.00. The van der Waals surface area contributed by atoms with Gasteiger partial charge in [-0.15, -0.1) is 0 Å². The standard InChI is InChI=1S/C18H17Cl2F2NO5S/c19-12-1-4-17(14(20)5-12)29(26,27)23-7-11(18(25,9-23)10-24)8-28-13-2-3-15(21)16(22)6-13/h1-6,11,24-25H,7-10H2/t11-,18-/m1/s1. The van der Waals surface area contributed by atoms with Crippen LogP contribution in [0, 0.1) is 17.6 Å². The van der Waals surface area contributed by atoms with Crippen LogP contribution < -0.4 is 4.74 Å². The SMILES string of the molecule is O=S(=O)(c1ccc(Cl)cc1Cl)N1C[C@H](COc2ccc(F)c(F)c2)[C@](O)(CO)C1. The van der Waals surface area contributed by atoms with E-state index in [-0.39, 0.29) is 33.8 Å². The number of aliphatic hydroxyl groups is 2. The second-order valence-corrected chi connectivity index (χ2v) is 9.47. The third kappa shape index (κ3) is 4.50. The Bertz CT molecular complexity index is 1020. The van der Waals surface area contributed by atoms with Gasteiger partial charge in [0.25, 0.3) is 0 Å². The van der Waals surface area contributed by atoms with Crippen molar-refractivity contribution in [1.29, 1.82) is 0 Å². The number of halogens is 4. The molecule has 0 bridgehead atoms. The highest BCUT2D eigenvalue weighted by Crippen LogP contribution is 2.35. The molecule has 0 aliphatic carbocycles. The van der Waals surface area contributed by atoms with Gasteiger partial charge in [-0.2, -0.15) is 4.31 Å². The molecule has 0 amide bonds. The fourth-order valence-electron chi connectivity index (χ4n) is 3.07. The van der Waals surface area contributed by atoms with Crippen LogP contribution in [-0.4, -0.2) is 54.8 Å². The predicted octanol–water partition coefficient (Wildman–Crippen LogP) is 2.69. The van der Waals surface area contributed by atoms with Crippen LogP contribution in [0.3, 0.4) is 0 Å². The Hall–Kier alpha value is -1.49. The van der Waals surface area contributed by atoms with E-state index < -0.39 is 46.3 Å². The van der Waals surface area contributed by atoms with E-state index in [0.29, 0.717) is 0 Å². The molecule has 2 atom stereocenters. The lowest BCUT2D eigenvalue weighted by atomic mass is 9.92. The van der Waals surface area contributed by atoms with E-state index >= 15 is 0 Å². The first-order valence-electron chi connectivity index (χ1n) is 8.43. The fraction of sp³-hybridized carbons (Fsp3) is 0.333. The minimum atomic E-state index is -4.09. The van der Waals surface area contributed by atoms with Gasteiger partial charge in [-0.1, -0.05) is 23.2 Å². The van der Waals surface area contributed by atoms with Crippen molar-refractivity contribution in [3.63, 3.8) is 0 Å². The Balaban J connectivity index is 1.80. The van der Waals surface area contributed by atoms with Crippen LogP contribution in [0.5, 0.6) is 5.75 Å². The molecule has 0 spiro atoms. The van der Waals surface area contributed by atoms with E-state index in [0.717, 1.165) is 16.4 Å². The molecule has 158 valence electrons. The van der Waals surface area contributed by atoms with E-state index in [9.17, 15) is 27.4 Å². The summed E-state index contributed by atoms with van der Waals surface area (Å²) in [7, 11) is -4.09. The fourth-order valence-corrected chi connectivity index (χ4v) is 5.37. The number of benzene rings is 2. The Morgan fingerprint density at radius 1 is 1.17 bits per heavy atom. The second-order valence-electron chi connectivity index (χ2n) is 6.72. The van der Waals surface area contributed by atoms with Gasteiger partial charge in [0, 0.05) is 30.1 Å². The van der Waals surface area contributed by atoms with Crippen LogP contribution >= 0.6 is 23.2 Å². The lowest BCUT2D eigenvalue weighted by Crippen LogP contribution is -2.44. The maximum atomic E-state index is 13.3. The van der Waals surface area contributed by atoms with Crippen molar-refractivity contribution < 1.29 is 32.1 Å². The molecule has 2 aromatic carbocycles. The molecule has 3 rings (SSSR count). The van der Waals surface area contributed by atoms with E-state index in [1.165, 1.54) is 24.3 Å². The molecular weight excluding hydrogens is 451 g/mol. The minimum absolute atomic E-state index is 0.00578. The van der Waals surface area contributed by atoms with Crippen LogP contribution in [0.2, 0.25) is 10.0 Å². The molecule has 1 fully saturated rings. The van der Waals surface area contributed by atoms with Crippen LogP contribution in [0.4, 0.5) is 8.78 Å². The summed E-state index contributed by atoms with van der Waals surface area (Å²) in [6.07, 6.45) is 0. The molecule has 2 N–H and O–H groups in total. The number of sulfonamides is 1. The van der Waals surface area contributed by atoms with Crippen molar-refractivity contribution in [2.24, 2.45) is 5.92 Å². The summed E-state index contributed by atoms with van der Waals surface area (Å²) < 4.78 is 58.6. The van der Waals surface area contributed by atoms with Crippen molar-refractivity contribution in [3.8, 4) is 5.75 Å². The van der Waals surface area contributed by atoms with Crippen molar-refractivity contribution >= 4 is 33.2 Å². The molecule has 2 aromatic rings. The van der Waals surface area contributed by atoms with Gasteiger partial charge in [0.05, 0.1) is 18.2 Å². The zero-order valence-electron chi connectivity index (χ0n) is 14.9. The summed E-state index contributed by atoms with van der Waals surface area (Å²) >= 11 is 11.8. The van der Waals surface area contributed by atoms with Gasteiger partial charge >= 0.3 is 0 Å². The summed E-state index contributed by atoms with van der Waals surface area (Å²) in [5.74, 6) is -2.97. The number of aliphatic hydroxyl groups excluding tert-OH is 1. The Morgan fingerprint density at radius 3 is 2.52 bits per heavy atom. The number of ether oxygens (including phenoxy) is 1. The quantitative estimate of drug-likeness (QED) is 0.681. The van der Waals surface area contributed by atoms with Crippen molar-refractivity contribution in [2.45, 2.75) is 10.5 Å². The summed E-state index contributed by atoms with van der Waals surface area (Å²) in [6, 6.07) is 6.84. The minimum Gasteiger partial charge on any atom is -0.493 e. The van der Waals surface area contributed by atoms with E-state index in [2.05, 4.69) is 0 Å². The normalized spacial score (nSPS) is 22.8. The number of rotatable bonds is 6. The molecule has 1 aliphatic rings. The van der Waals surface area contributed by atoms with Gasteiger partial charge in [-0.25, -0.2) is 17.2 Å². The van der Waals surface area contributed by atoms with E-state index in [4.69, 9.17) is 27.9 Å². The molecule has 6 nitrogen and oxygen atoms in total. The van der Waals surface area contributed by atoms with Gasteiger partial charge in [-0.3, -0.25) is 0 Å². The smallest absolute Gasteiger partial charge is 0.244 e. The molecule has 1 aliphatic heterocycles. The Morgan fingerprint density at radius 2 is 1.90 bits per heavy atom. The molecular formula is C18H17Cl2F2NO5S. The van der Waals surface area contributed by atoms with Crippen molar-refractivity contribution in [1.82, 2.24) is 4.31 Å². The number of hydrogen-bond acceptors (Lipinski definition) is 5. The third-order valence-electron chi connectivity index (χ3n) is 4.76. The first-order chi connectivity index (χ1) is 13.6. The van der Waals surface area contributed by atoms with Gasteiger partial charge in [0.15, 0.2) is 11.6 Å².